The van der Waals surface area contributed by atoms with Gasteiger partial charge in [0.25, 0.3) is 0 Å². The number of hydrogen-bond acceptors (Lipinski definition) is 4. The monoisotopic (exact) mass is 224 g/mol. The first-order chi connectivity index (χ1) is 7.66. The molecule has 0 radical (unpaired) electrons. The van der Waals surface area contributed by atoms with Gasteiger partial charge in [0.05, 0.1) is 0 Å². The van der Waals surface area contributed by atoms with Gasteiger partial charge in [-0.25, -0.2) is 0 Å². The van der Waals surface area contributed by atoms with Crippen molar-refractivity contribution in [2.24, 2.45) is 0 Å². The molecule has 0 aromatic carbocycles. The molecule has 88 valence electrons. The highest BCUT2D eigenvalue weighted by Crippen LogP contribution is 2.53. The zero-order chi connectivity index (χ0) is 11.2. The van der Waals surface area contributed by atoms with E-state index in [1.807, 2.05) is 0 Å². The molecule has 16 heavy (non-hydrogen) atoms. The van der Waals surface area contributed by atoms with Crippen LogP contribution in [0.3, 0.4) is 0 Å². The van der Waals surface area contributed by atoms with Gasteiger partial charge >= 0.3 is 11.9 Å². The zero-order valence-electron chi connectivity index (χ0n) is 9.29. The molecule has 0 bridgehead atoms. The summed E-state index contributed by atoms with van der Waals surface area (Å²) in [6, 6.07) is 0. The standard InChI is InChI=1S/C12H16O4/c13-9-3-7-11(15-9)5-1-2-6-12(11)8-4-10(14)16-12/h1-8H2/t11-,12+. The number of fused-ring (bicyclic) bond motifs is 1. The first kappa shape index (κ1) is 10.1. The van der Waals surface area contributed by atoms with E-state index in [4.69, 9.17) is 9.47 Å². The molecule has 0 unspecified atom stereocenters. The van der Waals surface area contributed by atoms with E-state index >= 15 is 0 Å². The van der Waals surface area contributed by atoms with Crippen LogP contribution in [0.2, 0.25) is 0 Å². The van der Waals surface area contributed by atoms with E-state index in [2.05, 4.69) is 0 Å². The number of esters is 2. The number of ether oxygens (including phenoxy) is 2. The molecular weight excluding hydrogens is 208 g/mol. The molecule has 4 nitrogen and oxygen atoms in total. The molecule has 3 fully saturated rings. The SMILES string of the molecule is O=C1CC[C@@]2(CCCC[C@]23CCC(=O)O3)O1. The maximum Gasteiger partial charge on any atom is 0.306 e. The number of carbonyl (C=O) groups is 2. The average molecular weight is 224 g/mol. The molecule has 0 amide bonds. The lowest BCUT2D eigenvalue weighted by Crippen LogP contribution is -2.56. The van der Waals surface area contributed by atoms with Crippen LogP contribution in [0.4, 0.5) is 0 Å². The number of carbonyl (C=O) groups excluding carboxylic acids is 2. The summed E-state index contributed by atoms with van der Waals surface area (Å²) in [6.07, 6.45) is 6.22. The third-order valence-corrected chi connectivity index (χ3v) is 4.33. The zero-order valence-corrected chi connectivity index (χ0v) is 9.29. The molecule has 0 aromatic rings. The van der Waals surface area contributed by atoms with Crippen molar-refractivity contribution in [2.75, 3.05) is 0 Å². The lowest BCUT2D eigenvalue weighted by Gasteiger charge is -2.46. The Morgan fingerprint density at radius 3 is 1.50 bits per heavy atom. The second-order valence-electron chi connectivity index (χ2n) is 5.14. The minimum Gasteiger partial charge on any atom is -0.455 e. The molecule has 2 atom stereocenters. The van der Waals surface area contributed by atoms with Crippen molar-refractivity contribution >= 4 is 11.9 Å². The van der Waals surface area contributed by atoms with Crippen molar-refractivity contribution in [3.63, 3.8) is 0 Å². The van der Waals surface area contributed by atoms with E-state index in [9.17, 15) is 9.59 Å². The summed E-state index contributed by atoms with van der Waals surface area (Å²) in [4.78, 5) is 22.8. The van der Waals surface area contributed by atoms with E-state index in [0.29, 0.717) is 12.8 Å². The van der Waals surface area contributed by atoms with Gasteiger partial charge in [-0.05, 0) is 25.7 Å². The average Bonchev–Trinajstić information content (AvgIpc) is 2.79. The molecule has 2 saturated heterocycles. The summed E-state index contributed by atoms with van der Waals surface area (Å²) in [5, 5.41) is 0. The van der Waals surface area contributed by atoms with Crippen molar-refractivity contribution in [1.82, 2.24) is 0 Å². The Labute approximate surface area is 94.3 Å². The van der Waals surface area contributed by atoms with Gasteiger partial charge in [0.15, 0.2) is 11.2 Å². The number of rotatable bonds is 0. The third-order valence-electron chi connectivity index (χ3n) is 4.33. The maximum absolute atomic E-state index is 11.4. The minimum absolute atomic E-state index is 0.135. The van der Waals surface area contributed by atoms with E-state index in [1.54, 1.807) is 0 Å². The quantitative estimate of drug-likeness (QED) is 0.588. The Hall–Kier alpha value is -1.06. The highest BCUT2D eigenvalue weighted by atomic mass is 16.6. The van der Waals surface area contributed by atoms with Crippen molar-refractivity contribution in [2.45, 2.75) is 62.6 Å². The highest BCUT2D eigenvalue weighted by Gasteiger charge is 2.62. The van der Waals surface area contributed by atoms with Gasteiger partial charge in [-0.2, -0.15) is 0 Å². The molecule has 4 heteroatoms. The third kappa shape index (κ3) is 1.22. The van der Waals surface area contributed by atoms with Gasteiger partial charge in [0, 0.05) is 25.7 Å². The van der Waals surface area contributed by atoms with Crippen LogP contribution in [0.15, 0.2) is 0 Å². The molecule has 2 aliphatic heterocycles. The van der Waals surface area contributed by atoms with E-state index in [-0.39, 0.29) is 11.9 Å². The molecular formula is C12H16O4. The Morgan fingerprint density at radius 1 is 0.750 bits per heavy atom. The van der Waals surface area contributed by atoms with E-state index < -0.39 is 11.2 Å². The minimum atomic E-state index is -0.492. The van der Waals surface area contributed by atoms with Gasteiger partial charge in [-0.1, -0.05) is 0 Å². The van der Waals surface area contributed by atoms with E-state index in [0.717, 1.165) is 38.5 Å². The van der Waals surface area contributed by atoms with Crippen LogP contribution in [0.5, 0.6) is 0 Å². The fraction of sp³-hybridized carbons (Fsp3) is 0.833. The summed E-state index contributed by atoms with van der Waals surface area (Å²) in [7, 11) is 0. The van der Waals surface area contributed by atoms with Gasteiger partial charge < -0.3 is 9.47 Å². The normalized spacial score (nSPS) is 42.8. The maximum atomic E-state index is 11.4. The smallest absolute Gasteiger partial charge is 0.306 e. The van der Waals surface area contributed by atoms with Crippen molar-refractivity contribution in [3.05, 3.63) is 0 Å². The summed E-state index contributed by atoms with van der Waals surface area (Å²) in [5.74, 6) is -0.270. The predicted octanol–water partition coefficient (Wildman–Crippen LogP) is 1.71. The number of hydrogen-bond donors (Lipinski definition) is 0. The Kier molecular flexibility index (Phi) is 2.03. The molecule has 3 aliphatic rings. The van der Waals surface area contributed by atoms with Crippen LogP contribution in [0.25, 0.3) is 0 Å². The summed E-state index contributed by atoms with van der Waals surface area (Å²) >= 11 is 0. The van der Waals surface area contributed by atoms with Crippen LogP contribution < -0.4 is 0 Å². The fourth-order valence-electron chi connectivity index (χ4n) is 3.52. The Balaban J connectivity index is 1.95. The first-order valence-electron chi connectivity index (χ1n) is 6.10. The molecule has 2 spiro atoms. The Morgan fingerprint density at radius 2 is 1.19 bits per heavy atom. The molecule has 1 saturated carbocycles. The first-order valence-corrected chi connectivity index (χ1v) is 6.10. The molecule has 0 N–H and O–H groups in total. The predicted molar refractivity (Wildman–Crippen MR) is 54.6 cm³/mol. The van der Waals surface area contributed by atoms with Gasteiger partial charge in [-0.3, -0.25) is 9.59 Å². The van der Waals surface area contributed by atoms with Gasteiger partial charge in [0.1, 0.15) is 0 Å². The molecule has 3 rings (SSSR count). The summed E-state index contributed by atoms with van der Waals surface area (Å²) in [5.41, 5.74) is -0.983. The second-order valence-corrected chi connectivity index (χ2v) is 5.14. The van der Waals surface area contributed by atoms with Crippen LogP contribution in [0, 0.1) is 0 Å². The van der Waals surface area contributed by atoms with Crippen molar-refractivity contribution in [1.29, 1.82) is 0 Å². The highest BCUT2D eigenvalue weighted by molar-refractivity contribution is 5.75. The van der Waals surface area contributed by atoms with Gasteiger partial charge in [-0.15, -0.1) is 0 Å². The van der Waals surface area contributed by atoms with Crippen LogP contribution in [-0.4, -0.2) is 23.1 Å². The van der Waals surface area contributed by atoms with Crippen LogP contribution in [0.1, 0.15) is 51.4 Å². The van der Waals surface area contributed by atoms with Gasteiger partial charge in [0.2, 0.25) is 0 Å². The molecule has 0 aromatic heterocycles. The topological polar surface area (TPSA) is 52.6 Å². The molecule has 1 aliphatic carbocycles. The largest absolute Gasteiger partial charge is 0.455 e. The lowest BCUT2D eigenvalue weighted by molar-refractivity contribution is -0.200. The fourth-order valence-corrected chi connectivity index (χ4v) is 3.52. The van der Waals surface area contributed by atoms with Crippen LogP contribution in [-0.2, 0) is 19.1 Å². The van der Waals surface area contributed by atoms with E-state index in [1.165, 1.54) is 0 Å². The second kappa shape index (κ2) is 3.22. The van der Waals surface area contributed by atoms with Crippen LogP contribution >= 0.6 is 0 Å². The molecule has 2 heterocycles. The van der Waals surface area contributed by atoms with Crippen molar-refractivity contribution < 1.29 is 19.1 Å². The lowest BCUT2D eigenvalue weighted by atomic mass is 9.69. The Bertz CT molecular complexity index is 317. The summed E-state index contributed by atoms with van der Waals surface area (Å²) in [6.45, 7) is 0. The summed E-state index contributed by atoms with van der Waals surface area (Å²) < 4.78 is 11.1. The van der Waals surface area contributed by atoms with Crippen molar-refractivity contribution in [3.8, 4) is 0 Å².